The molecular formula is C10H15N5O. The number of aromatic nitrogens is 3. The number of amides is 1. The molecule has 2 N–H and O–H groups in total. The number of nitrogens with zero attached hydrogens (tertiary/aromatic N) is 3. The number of carbonyl (C=O) groups is 1. The van der Waals surface area contributed by atoms with Gasteiger partial charge in [-0.15, -0.1) is 0 Å². The minimum Gasteiger partial charge on any atom is -0.334 e. The van der Waals surface area contributed by atoms with Crippen molar-refractivity contribution in [2.45, 2.75) is 18.9 Å². The number of piperidine rings is 1. The fraction of sp³-hybridized carbons (Fsp3) is 0.700. The van der Waals surface area contributed by atoms with Gasteiger partial charge in [-0.25, -0.2) is 4.98 Å². The van der Waals surface area contributed by atoms with E-state index in [1.54, 1.807) is 0 Å². The summed E-state index contributed by atoms with van der Waals surface area (Å²) in [4.78, 5) is 17.8. The van der Waals surface area contributed by atoms with Gasteiger partial charge in [0.2, 0.25) is 5.82 Å². The molecule has 0 radical (unpaired) electrons. The van der Waals surface area contributed by atoms with Gasteiger partial charge in [0, 0.05) is 19.1 Å². The van der Waals surface area contributed by atoms with Gasteiger partial charge in [-0.2, -0.15) is 5.10 Å². The minimum absolute atomic E-state index is 0.0336. The van der Waals surface area contributed by atoms with Crippen LogP contribution in [0.5, 0.6) is 0 Å². The normalized spacial score (nSPS) is 29.1. The summed E-state index contributed by atoms with van der Waals surface area (Å²) in [6, 6.07) is 0.473. The van der Waals surface area contributed by atoms with E-state index in [9.17, 15) is 4.79 Å². The second-order valence-electron chi connectivity index (χ2n) is 4.51. The highest BCUT2D eigenvalue weighted by Gasteiger charge is 2.37. The zero-order valence-corrected chi connectivity index (χ0v) is 9.02. The average Bonchev–Trinajstić information content (AvgIpc) is 2.97. The van der Waals surface area contributed by atoms with E-state index in [2.05, 4.69) is 20.5 Å². The van der Waals surface area contributed by atoms with Crippen LogP contribution in [0.3, 0.4) is 0 Å². The molecule has 86 valence electrons. The van der Waals surface area contributed by atoms with Crippen molar-refractivity contribution in [3.8, 4) is 0 Å². The molecule has 0 aliphatic carbocycles. The van der Waals surface area contributed by atoms with Crippen molar-refractivity contribution in [2.75, 3.05) is 19.6 Å². The number of H-pyrrole nitrogens is 1. The number of nitrogens with one attached hydrogen (secondary N) is 2. The van der Waals surface area contributed by atoms with Crippen molar-refractivity contribution in [2.24, 2.45) is 5.92 Å². The maximum atomic E-state index is 12.0. The fourth-order valence-electron chi connectivity index (χ4n) is 2.67. The first-order valence-corrected chi connectivity index (χ1v) is 5.72. The Hall–Kier alpha value is -1.43. The molecule has 2 atom stereocenters. The van der Waals surface area contributed by atoms with E-state index in [-0.39, 0.29) is 5.91 Å². The molecule has 0 spiro atoms. The molecule has 3 heterocycles. The van der Waals surface area contributed by atoms with Gasteiger partial charge in [-0.05, 0) is 25.3 Å². The first kappa shape index (κ1) is 9.77. The summed E-state index contributed by atoms with van der Waals surface area (Å²) in [6.07, 6.45) is 3.80. The van der Waals surface area contributed by atoms with Crippen molar-refractivity contribution in [3.05, 3.63) is 12.2 Å². The lowest BCUT2D eigenvalue weighted by molar-refractivity contribution is 0.0774. The molecule has 1 aromatic rings. The van der Waals surface area contributed by atoms with Crippen LogP contribution in [0.2, 0.25) is 0 Å². The molecule has 0 aromatic carbocycles. The molecule has 2 fully saturated rings. The Morgan fingerprint density at radius 3 is 3.19 bits per heavy atom. The van der Waals surface area contributed by atoms with Crippen LogP contribution in [0.15, 0.2) is 6.33 Å². The number of likely N-dealkylation sites (tertiary alicyclic amines) is 1. The molecule has 2 saturated heterocycles. The molecule has 6 heteroatoms. The number of aromatic amines is 1. The summed E-state index contributed by atoms with van der Waals surface area (Å²) in [5.41, 5.74) is 0. The molecule has 0 saturated carbocycles. The van der Waals surface area contributed by atoms with Gasteiger partial charge in [-0.1, -0.05) is 0 Å². The molecule has 1 amide bonds. The third-order valence-corrected chi connectivity index (χ3v) is 3.50. The van der Waals surface area contributed by atoms with Crippen LogP contribution in [0.1, 0.15) is 23.5 Å². The van der Waals surface area contributed by atoms with Crippen LogP contribution in [0, 0.1) is 5.92 Å². The molecule has 6 nitrogen and oxygen atoms in total. The summed E-state index contributed by atoms with van der Waals surface area (Å²) in [6.45, 7) is 2.72. The van der Waals surface area contributed by atoms with E-state index in [1.807, 2.05) is 4.90 Å². The highest BCUT2D eigenvalue weighted by Crippen LogP contribution is 2.25. The number of carbonyl (C=O) groups excluding carboxylic acids is 1. The quantitative estimate of drug-likeness (QED) is 0.678. The van der Waals surface area contributed by atoms with E-state index in [1.165, 1.54) is 19.2 Å². The monoisotopic (exact) mass is 221 g/mol. The Bertz CT molecular complexity index is 363. The molecular weight excluding hydrogens is 206 g/mol. The molecule has 2 unspecified atom stereocenters. The van der Waals surface area contributed by atoms with Crippen molar-refractivity contribution in [1.82, 2.24) is 25.4 Å². The second kappa shape index (κ2) is 3.86. The van der Waals surface area contributed by atoms with Gasteiger partial charge >= 0.3 is 0 Å². The fourth-order valence-corrected chi connectivity index (χ4v) is 2.67. The zero-order valence-electron chi connectivity index (χ0n) is 9.02. The smallest absolute Gasteiger partial charge is 0.291 e. The van der Waals surface area contributed by atoms with Gasteiger partial charge in [-0.3, -0.25) is 9.89 Å². The summed E-state index contributed by atoms with van der Waals surface area (Å²) in [5.74, 6) is 0.924. The lowest BCUT2D eigenvalue weighted by atomic mass is 9.94. The van der Waals surface area contributed by atoms with Crippen molar-refractivity contribution in [1.29, 1.82) is 0 Å². The number of hydrogen-bond donors (Lipinski definition) is 2. The van der Waals surface area contributed by atoms with Gasteiger partial charge in [0.15, 0.2) is 0 Å². The summed E-state index contributed by atoms with van der Waals surface area (Å²) in [5, 5.41) is 9.80. The van der Waals surface area contributed by atoms with E-state index in [4.69, 9.17) is 0 Å². The molecule has 0 bridgehead atoms. The largest absolute Gasteiger partial charge is 0.334 e. The lowest BCUT2D eigenvalue weighted by Gasteiger charge is -2.24. The number of fused-ring (bicyclic) bond motifs is 1. The Labute approximate surface area is 93.4 Å². The van der Waals surface area contributed by atoms with Gasteiger partial charge in [0.1, 0.15) is 6.33 Å². The third kappa shape index (κ3) is 1.59. The van der Waals surface area contributed by atoms with E-state index < -0.39 is 0 Å². The lowest BCUT2D eigenvalue weighted by Crippen LogP contribution is -2.41. The maximum Gasteiger partial charge on any atom is 0.291 e. The van der Waals surface area contributed by atoms with Crippen LogP contribution in [0.4, 0.5) is 0 Å². The standard InChI is InChI=1S/C10H15N5O/c16-10(9-12-6-13-14-9)15-4-7-2-1-3-11-8(7)5-15/h6-8,11H,1-5H2,(H,12,13,14). The van der Waals surface area contributed by atoms with Gasteiger partial charge in [0.25, 0.3) is 5.91 Å². The number of hydrogen-bond acceptors (Lipinski definition) is 4. The summed E-state index contributed by atoms with van der Waals surface area (Å²) >= 11 is 0. The topological polar surface area (TPSA) is 73.9 Å². The zero-order chi connectivity index (χ0) is 11.0. The Morgan fingerprint density at radius 2 is 2.44 bits per heavy atom. The first-order chi connectivity index (χ1) is 7.84. The van der Waals surface area contributed by atoms with Gasteiger partial charge in [0.05, 0.1) is 0 Å². The van der Waals surface area contributed by atoms with Crippen LogP contribution < -0.4 is 5.32 Å². The van der Waals surface area contributed by atoms with Crippen LogP contribution in [-0.4, -0.2) is 51.7 Å². The van der Waals surface area contributed by atoms with E-state index in [0.29, 0.717) is 17.8 Å². The molecule has 3 rings (SSSR count). The van der Waals surface area contributed by atoms with Crippen LogP contribution >= 0.6 is 0 Å². The number of rotatable bonds is 1. The predicted octanol–water partition coefficient (Wildman–Crippen LogP) is -0.371. The van der Waals surface area contributed by atoms with Gasteiger partial charge < -0.3 is 10.2 Å². The molecule has 2 aliphatic heterocycles. The SMILES string of the molecule is O=C(c1ncn[nH]1)N1CC2CCCNC2C1. The summed E-state index contributed by atoms with van der Waals surface area (Å²) in [7, 11) is 0. The van der Waals surface area contributed by atoms with E-state index in [0.717, 1.165) is 19.6 Å². The summed E-state index contributed by atoms with van der Waals surface area (Å²) < 4.78 is 0. The molecule has 2 aliphatic rings. The minimum atomic E-state index is -0.0336. The van der Waals surface area contributed by atoms with Crippen LogP contribution in [0.25, 0.3) is 0 Å². The second-order valence-corrected chi connectivity index (χ2v) is 4.51. The maximum absolute atomic E-state index is 12.0. The van der Waals surface area contributed by atoms with Crippen molar-refractivity contribution >= 4 is 5.91 Å². The van der Waals surface area contributed by atoms with Crippen molar-refractivity contribution < 1.29 is 4.79 Å². The Balaban J connectivity index is 1.71. The molecule has 1 aromatic heterocycles. The highest BCUT2D eigenvalue weighted by molar-refractivity contribution is 5.90. The first-order valence-electron chi connectivity index (χ1n) is 5.72. The molecule has 16 heavy (non-hydrogen) atoms. The third-order valence-electron chi connectivity index (χ3n) is 3.50. The Morgan fingerprint density at radius 1 is 1.50 bits per heavy atom. The van der Waals surface area contributed by atoms with Crippen LogP contribution in [-0.2, 0) is 0 Å². The average molecular weight is 221 g/mol. The van der Waals surface area contributed by atoms with E-state index >= 15 is 0 Å². The highest BCUT2D eigenvalue weighted by atomic mass is 16.2. The Kier molecular flexibility index (Phi) is 2.36. The predicted molar refractivity (Wildman–Crippen MR) is 56.8 cm³/mol. The van der Waals surface area contributed by atoms with Crippen molar-refractivity contribution in [3.63, 3.8) is 0 Å².